The second-order valence-electron chi connectivity index (χ2n) is 5.48. The Labute approximate surface area is 125 Å². The van der Waals surface area contributed by atoms with Crippen molar-refractivity contribution in [3.05, 3.63) is 35.1 Å². The van der Waals surface area contributed by atoms with E-state index in [9.17, 15) is 18.0 Å². The van der Waals surface area contributed by atoms with Gasteiger partial charge in [-0.2, -0.15) is 0 Å². The van der Waals surface area contributed by atoms with Gasteiger partial charge in [0.15, 0.2) is 23.2 Å². The van der Waals surface area contributed by atoms with Crippen molar-refractivity contribution < 1.29 is 27.4 Å². The Bertz CT molecular complexity index is 578. The standard InChI is InChI=1S/C15H16F3NO3/c16-11-3-2-10(12(17)13(11)18)14(20)19-6-4-15(5-7-19)21-8-1-9-22-15/h2-3H,1,4-9H2. The van der Waals surface area contributed by atoms with Gasteiger partial charge >= 0.3 is 0 Å². The summed E-state index contributed by atoms with van der Waals surface area (Å²) in [6, 6.07) is 1.72. The quantitative estimate of drug-likeness (QED) is 0.747. The lowest BCUT2D eigenvalue weighted by Crippen LogP contribution is -2.51. The van der Waals surface area contributed by atoms with E-state index in [-0.39, 0.29) is 0 Å². The van der Waals surface area contributed by atoms with Crippen LogP contribution in [0.25, 0.3) is 0 Å². The third-order valence-corrected chi connectivity index (χ3v) is 4.10. The number of carbonyl (C=O) groups excluding carboxylic acids is 1. The predicted molar refractivity (Wildman–Crippen MR) is 70.7 cm³/mol. The molecule has 3 rings (SSSR count). The van der Waals surface area contributed by atoms with Gasteiger partial charge in [-0.3, -0.25) is 4.79 Å². The number of ether oxygens (including phenoxy) is 2. The summed E-state index contributed by atoms with van der Waals surface area (Å²) in [5.74, 6) is -5.70. The van der Waals surface area contributed by atoms with Gasteiger partial charge in [0.2, 0.25) is 0 Å². The van der Waals surface area contributed by atoms with E-state index in [1.54, 1.807) is 0 Å². The Morgan fingerprint density at radius 1 is 1.05 bits per heavy atom. The molecule has 120 valence electrons. The number of piperidine rings is 1. The van der Waals surface area contributed by atoms with Crippen LogP contribution in [0.4, 0.5) is 13.2 Å². The molecular weight excluding hydrogens is 299 g/mol. The largest absolute Gasteiger partial charge is 0.350 e. The Balaban J connectivity index is 1.71. The van der Waals surface area contributed by atoms with E-state index in [0.29, 0.717) is 39.1 Å². The molecule has 0 saturated carbocycles. The van der Waals surface area contributed by atoms with Crippen molar-refractivity contribution in [2.75, 3.05) is 26.3 Å². The monoisotopic (exact) mass is 315 g/mol. The van der Waals surface area contributed by atoms with Crippen molar-refractivity contribution in [2.24, 2.45) is 0 Å². The molecule has 1 aromatic carbocycles. The number of amides is 1. The van der Waals surface area contributed by atoms with E-state index >= 15 is 0 Å². The molecule has 1 amide bonds. The highest BCUT2D eigenvalue weighted by molar-refractivity contribution is 5.94. The molecule has 0 bridgehead atoms. The molecule has 7 heteroatoms. The third kappa shape index (κ3) is 2.70. The zero-order valence-corrected chi connectivity index (χ0v) is 11.9. The summed E-state index contributed by atoms with van der Waals surface area (Å²) in [4.78, 5) is 13.7. The highest BCUT2D eigenvalue weighted by atomic mass is 19.2. The van der Waals surface area contributed by atoms with Crippen LogP contribution < -0.4 is 0 Å². The van der Waals surface area contributed by atoms with Gasteiger partial charge in [0, 0.05) is 25.9 Å². The van der Waals surface area contributed by atoms with Crippen molar-refractivity contribution in [1.29, 1.82) is 0 Å². The van der Waals surface area contributed by atoms with E-state index in [0.717, 1.165) is 18.6 Å². The minimum atomic E-state index is -1.63. The SMILES string of the molecule is O=C(c1ccc(F)c(F)c1F)N1CCC2(CC1)OCCCO2. The molecule has 1 spiro atoms. The third-order valence-electron chi connectivity index (χ3n) is 4.10. The van der Waals surface area contributed by atoms with Crippen LogP contribution in [-0.4, -0.2) is 42.9 Å². The number of rotatable bonds is 1. The molecule has 2 fully saturated rings. The fourth-order valence-electron chi connectivity index (χ4n) is 2.82. The second-order valence-corrected chi connectivity index (χ2v) is 5.48. The van der Waals surface area contributed by atoms with Crippen LogP contribution in [0.15, 0.2) is 12.1 Å². The fraction of sp³-hybridized carbons (Fsp3) is 0.533. The van der Waals surface area contributed by atoms with Crippen molar-refractivity contribution in [3.63, 3.8) is 0 Å². The van der Waals surface area contributed by atoms with Gasteiger partial charge in [-0.05, 0) is 18.6 Å². The van der Waals surface area contributed by atoms with Crippen molar-refractivity contribution in [2.45, 2.75) is 25.0 Å². The Kier molecular flexibility index (Phi) is 4.10. The molecule has 2 aliphatic heterocycles. The Morgan fingerprint density at radius 2 is 1.68 bits per heavy atom. The van der Waals surface area contributed by atoms with Gasteiger partial charge in [0.25, 0.3) is 5.91 Å². The van der Waals surface area contributed by atoms with Crippen molar-refractivity contribution >= 4 is 5.91 Å². The molecule has 0 atom stereocenters. The average molecular weight is 315 g/mol. The van der Waals surface area contributed by atoms with Crippen LogP contribution >= 0.6 is 0 Å². The van der Waals surface area contributed by atoms with Crippen molar-refractivity contribution in [1.82, 2.24) is 4.90 Å². The van der Waals surface area contributed by atoms with Crippen LogP contribution in [0.2, 0.25) is 0 Å². The maximum Gasteiger partial charge on any atom is 0.256 e. The Morgan fingerprint density at radius 3 is 2.32 bits per heavy atom. The summed E-state index contributed by atoms with van der Waals surface area (Å²) in [5, 5.41) is 0. The lowest BCUT2D eigenvalue weighted by molar-refractivity contribution is -0.281. The number of halogens is 3. The van der Waals surface area contributed by atoms with Gasteiger partial charge in [-0.25, -0.2) is 13.2 Å². The van der Waals surface area contributed by atoms with Gasteiger partial charge in [0.05, 0.1) is 18.8 Å². The van der Waals surface area contributed by atoms with E-state index in [1.165, 1.54) is 4.90 Å². The topological polar surface area (TPSA) is 38.8 Å². The molecule has 2 aliphatic rings. The zero-order valence-electron chi connectivity index (χ0n) is 11.9. The number of carbonyl (C=O) groups is 1. The van der Waals surface area contributed by atoms with Crippen LogP contribution in [0, 0.1) is 17.5 Å². The summed E-state index contributed by atoms with van der Waals surface area (Å²) in [6.45, 7) is 1.87. The molecule has 2 heterocycles. The summed E-state index contributed by atoms with van der Waals surface area (Å²) in [7, 11) is 0. The van der Waals surface area contributed by atoms with Crippen molar-refractivity contribution in [3.8, 4) is 0 Å². The highest BCUT2D eigenvalue weighted by Gasteiger charge is 2.40. The first kappa shape index (κ1) is 15.3. The fourth-order valence-corrected chi connectivity index (χ4v) is 2.82. The molecule has 0 aromatic heterocycles. The summed E-state index contributed by atoms with van der Waals surface area (Å²) in [6.07, 6.45) is 1.79. The first-order valence-electron chi connectivity index (χ1n) is 7.23. The summed E-state index contributed by atoms with van der Waals surface area (Å²) in [5.41, 5.74) is -0.458. The second kappa shape index (κ2) is 5.89. The van der Waals surface area contributed by atoms with E-state index in [1.807, 2.05) is 0 Å². The molecule has 0 aliphatic carbocycles. The normalized spacial score (nSPS) is 21.1. The Hall–Kier alpha value is -1.60. The number of likely N-dealkylation sites (tertiary alicyclic amines) is 1. The van der Waals surface area contributed by atoms with Gasteiger partial charge < -0.3 is 14.4 Å². The summed E-state index contributed by atoms with van der Waals surface area (Å²) >= 11 is 0. The number of benzene rings is 1. The van der Waals surface area contributed by atoms with E-state index < -0.39 is 34.7 Å². The maximum atomic E-state index is 13.7. The first-order valence-corrected chi connectivity index (χ1v) is 7.23. The van der Waals surface area contributed by atoms with E-state index in [4.69, 9.17) is 9.47 Å². The van der Waals surface area contributed by atoms with Gasteiger partial charge in [-0.15, -0.1) is 0 Å². The molecule has 0 N–H and O–H groups in total. The van der Waals surface area contributed by atoms with E-state index in [2.05, 4.69) is 0 Å². The van der Waals surface area contributed by atoms with Gasteiger partial charge in [0.1, 0.15) is 0 Å². The highest BCUT2D eigenvalue weighted by Crippen LogP contribution is 2.31. The molecule has 22 heavy (non-hydrogen) atoms. The van der Waals surface area contributed by atoms with Crippen LogP contribution in [0.1, 0.15) is 29.6 Å². The van der Waals surface area contributed by atoms with Crippen LogP contribution in [0.3, 0.4) is 0 Å². The molecule has 2 saturated heterocycles. The molecule has 4 nitrogen and oxygen atoms in total. The number of hydrogen-bond donors (Lipinski definition) is 0. The minimum absolute atomic E-state index is 0.317. The minimum Gasteiger partial charge on any atom is -0.350 e. The maximum absolute atomic E-state index is 13.7. The number of nitrogens with zero attached hydrogens (tertiary/aromatic N) is 1. The number of hydrogen-bond acceptors (Lipinski definition) is 3. The first-order chi connectivity index (χ1) is 10.5. The predicted octanol–water partition coefficient (Wildman–Crippen LogP) is 2.47. The molecule has 1 aromatic rings. The lowest BCUT2D eigenvalue weighted by Gasteiger charge is -2.43. The van der Waals surface area contributed by atoms with Crippen LogP contribution in [0.5, 0.6) is 0 Å². The molecular formula is C15H16F3NO3. The molecule has 0 unspecified atom stereocenters. The molecule has 0 radical (unpaired) electrons. The summed E-state index contributed by atoms with van der Waals surface area (Å²) < 4.78 is 51.2. The van der Waals surface area contributed by atoms with Gasteiger partial charge in [-0.1, -0.05) is 0 Å². The smallest absolute Gasteiger partial charge is 0.256 e. The van der Waals surface area contributed by atoms with Crippen LogP contribution in [-0.2, 0) is 9.47 Å². The zero-order chi connectivity index (χ0) is 15.7. The lowest BCUT2D eigenvalue weighted by atomic mass is 10.0. The average Bonchev–Trinajstić information content (AvgIpc) is 2.54.